The Morgan fingerprint density at radius 2 is 1.92 bits per heavy atom. The molecule has 0 bridgehead atoms. The molecule has 2 saturated heterocycles. The van der Waals surface area contributed by atoms with Gasteiger partial charge in [-0.05, 0) is 62.0 Å². The second kappa shape index (κ2) is 11.0. The first kappa shape index (κ1) is 28.7. The topological polar surface area (TPSA) is 36.9 Å². The van der Waals surface area contributed by atoms with Crippen LogP contribution in [0.4, 0.5) is 0 Å². The highest BCUT2D eigenvalue weighted by Gasteiger charge is 2.55. The molecule has 0 aliphatic carbocycles. The lowest BCUT2D eigenvalue weighted by Crippen LogP contribution is -2.65. The standard InChI is InChI=1S/C29H45ClO4SSi/c1-19-14-15-31-23-17-25-29(6,33-26(19)23)18-24(34-36(7,8)28(3,4)5)22(32-25)16-20(2)27(30)35-21-12-10-9-11-13-21/h9-14,20,22-27H,15-18H2,1-8H3/t20-,22+,23+,24-,25-,26-,27?,29+/m1/s1. The third-order valence-electron chi connectivity index (χ3n) is 8.68. The number of thioether (sulfide) groups is 1. The number of alkyl halides is 1. The Labute approximate surface area is 229 Å². The average Bonchev–Trinajstić information content (AvgIpc) is 2.78. The van der Waals surface area contributed by atoms with Gasteiger partial charge in [-0.3, -0.25) is 0 Å². The number of benzene rings is 1. The van der Waals surface area contributed by atoms with Gasteiger partial charge in [-0.15, -0.1) is 23.4 Å². The Bertz CT molecular complexity index is 920. The van der Waals surface area contributed by atoms with Crippen LogP contribution >= 0.6 is 23.4 Å². The van der Waals surface area contributed by atoms with E-state index in [-0.39, 0.29) is 46.2 Å². The Morgan fingerprint density at radius 3 is 2.58 bits per heavy atom. The molecule has 8 atom stereocenters. The number of hydrogen-bond acceptors (Lipinski definition) is 5. The lowest BCUT2D eigenvalue weighted by atomic mass is 9.78. The van der Waals surface area contributed by atoms with Gasteiger partial charge in [0.15, 0.2) is 8.32 Å². The van der Waals surface area contributed by atoms with Gasteiger partial charge >= 0.3 is 0 Å². The second-order valence-electron chi connectivity index (χ2n) is 12.7. The van der Waals surface area contributed by atoms with Crippen molar-refractivity contribution in [1.82, 2.24) is 0 Å². The Balaban J connectivity index is 1.53. The SMILES string of the molecule is CC1=CCO[C@H]2C[C@H]3O[C@@H](C[C@@H](C)C(Cl)Sc4ccccc4)[C@H](O[Si](C)(C)C(C)(C)C)C[C@]3(C)O[C@H]12. The van der Waals surface area contributed by atoms with Crippen LogP contribution in [0, 0.1) is 5.92 Å². The van der Waals surface area contributed by atoms with Crippen LogP contribution < -0.4 is 0 Å². The highest BCUT2D eigenvalue weighted by molar-refractivity contribution is 8.01. The van der Waals surface area contributed by atoms with Crippen molar-refractivity contribution in [3.63, 3.8) is 0 Å². The highest BCUT2D eigenvalue weighted by Crippen LogP contribution is 2.47. The van der Waals surface area contributed by atoms with Gasteiger partial charge < -0.3 is 18.6 Å². The zero-order valence-electron chi connectivity index (χ0n) is 23.3. The molecule has 1 unspecified atom stereocenters. The van der Waals surface area contributed by atoms with E-state index in [1.807, 2.05) is 6.07 Å². The molecule has 0 spiro atoms. The maximum atomic E-state index is 7.07. The van der Waals surface area contributed by atoms with Crippen molar-refractivity contribution >= 4 is 31.7 Å². The van der Waals surface area contributed by atoms with Crippen LogP contribution in [0.25, 0.3) is 0 Å². The lowest BCUT2D eigenvalue weighted by Gasteiger charge is -2.56. The van der Waals surface area contributed by atoms with Gasteiger partial charge in [-0.25, -0.2) is 0 Å². The summed E-state index contributed by atoms with van der Waals surface area (Å²) in [5.74, 6) is 0.255. The van der Waals surface area contributed by atoms with Crippen molar-refractivity contribution in [2.24, 2.45) is 5.92 Å². The molecular weight excluding hydrogens is 508 g/mol. The third-order valence-corrected chi connectivity index (χ3v) is 15.1. The van der Waals surface area contributed by atoms with Crippen molar-refractivity contribution in [3.05, 3.63) is 42.0 Å². The predicted octanol–water partition coefficient (Wildman–Crippen LogP) is 7.81. The summed E-state index contributed by atoms with van der Waals surface area (Å²) < 4.78 is 26.8. The molecule has 1 aromatic carbocycles. The number of rotatable bonds is 7. The molecule has 7 heteroatoms. The van der Waals surface area contributed by atoms with Crippen LogP contribution in [0.3, 0.4) is 0 Å². The van der Waals surface area contributed by atoms with E-state index in [1.165, 1.54) is 10.5 Å². The van der Waals surface area contributed by atoms with Gasteiger partial charge in [0, 0.05) is 17.7 Å². The van der Waals surface area contributed by atoms with Crippen LogP contribution in [0.15, 0.2) is 46.9 Å². The Kier molecular flexibility index (Phi) is 8.78. The summed E-state index contributed by atoms with van der Waals surface area (Å²) in [6.45, 7) is 18.8. The molecule has 202 valence electrons. The summed E-state index contributed by atoms with van der Waals surface area (Å²) in [6, 6.07) is 10.4. The summed E-state index contributed by atoms with van der Waals surface area (Å²) in [5, 5.41) is 0.119. The average molecular weight is 553 g/mol. The van der Waals surface area contributed by atoms with Crippen molar-refractivity contribution in [2.45, 2.75) is 125 Å². The van der Waals surface area contributed by atoms with Gasteiger partial charge in [0.05, 0.1) is 41.3 Å². The van der Waals surface area contributed by atoms with E-state index in [2.05, 4.69) is 85.0 Å². The quantitative estimate of drug-likeness (QED) is 0.149. The Morgan fingerprint density at radius 1 is 1.22 bits per heavy atom. The highest BCUT2D eigenvalue weighted by atomic mass is 35.5. The smallest absolute Gasteiger partial charge is 0.192 e. The normalized spacial score (nSPS) is 34.8. The maximum Gasteiger partial charge on any atom is 0.192 e. The van der Waals surface area contributed by atoms with Gasteiger partial charge in [-0.2, -0.15) is 0 Å². The summed E-state index contributed by atoms with van der Waals surface area (Å²) in [5.41, 5.74) is 0.870. The predicted molar refractivity (Wildman–Crippen MR) is 152 cm³/mol. The molecule has 4 nitrogen and oxygen atoms in total. The summed E-state index contributed by atoms with van der Waals surface area (Å²) in [6.07, 6.45) is 4.68. The molecule has 0 N–H and O–H groups in total. The van der Waals surface area contributed by atoms with Crippen LogP contribution in [0.2, 0.25) is 18.1 Å². The number of halogens is 1. The van der Waals surface area contributed by atoms with E-state index < -0.39 is 13.9 Å². The van der Waals surface area contributed by atoms with Crippen molar-refractivity contribution in [3.8, 4) is 0 Å². The van der Waals surface area contributed by atoms with Crippen molar-refractivity contribution in [1.29, 1.82) is 0 Å². The molecule has 0 aromatic heterocycles. The summed E-state index contributed by atoms with van der Waals surface area (Å²) in [4.78, 5) is 1.19. The molecular formula is C29H45ClO4SSi. The first-order valence-electron chi connectivity index (χ1n) is 13.4. The molecule has 2 fully saturated rings. The van der Waals surface area contributed by atoms with E-state index >= 15 is 0 Å². The minimum Gasteiger partial charge on any atom is -0.411 e. The zero-order valence-corrected chi connectivity index (χ0v) is 25.8. The van der Waals surface area contributed by atoms with E-state index in [9.17, 15) is 0 Å². The van der Waals surface area contributed by atoms with E-state index in [4.69, 9.17) is 30.2 Å². The first-order valence-corrected chi connectivity index (χ1v) is 17.7. The fourth-order valence-corrected chi connectivity index (χ4v) is 7.97. The molecule has 1 aromatic rings. The van der Waals surface area contributed by atoms with E-state index in [0.717, 1.165) is 19.3 Å². The molecule has 3 heterocycles. The zero-order chi connectivity index (χ0) is 26.3. The number of fused-ring (bicyclic) bond motifs is 2. The fraction of sp³-hybridized carbons (Fsp3) is 0.724. The largest absolute Gasteiger partial charge is 0.411 e. The van der Waals surface area contributed by atoms with Crippen LogP contribution in [0.5, 0.6) is 0 Å². The maximum absolute atomic E-state index is 7.07. The summed E-state index contributed by atoms with van der Waals surface area (Å²) in [7, 11) is -2.02. The van der Waals surface area contributed by atoms with Crippen LogP contribution in [-0.4, -0.2) is 55.8 Å². The van der Waals surface area contributed by atoms with E-state index in [1.54, 1.807) is 11.8 Å². The van der Waals surface area contributed by atoms with Crippen LogP contribution in [0.1, 0.15) is 60.8 Å². The number of hydrogen-bond donors (Lipinski definition) is 0. The van der Waals surface area contributed by atoms with Gasteiger partial charge in [0.1, 0.15) is 6.10 Å². The third kappa shape index (κ3) is 6.27. The molecule has 0 radical (unpaired) electrons. The molecule has 0 amide bonds. The molecule has 3 aliphatic rings. The monoisotopic (exact) mass is 552 g/mol. The number of ether oxygens (including phenoxy) is 3. The molecule has 0 saturated carbocycles. The summed E-state index contributed by atoms with van der Waals surface area (Å²) >= 11 is 8.66. The first-order chi connectivity index (χ1) is 16.8. The van der Waals surface area contributed by atoms with Crippen LogP contribution in [-0.2, 0) is 18.6 Å². The molecule has 3 aliphatic heterocycles. The fourth-order valence-electron chi connectivity index (χ4n) is 5.29. The van der Waals surface area contributed by atoms with Gasteiger partial charge in [0.25, 0.3) is 0 Å². The Hall–Kier alpha value is -0.343. The molecule has 4 rings (SSSR count). The van der Waals surface area contributed by atoms with Crippen molar-refractivity contribution in [2.75, 3.05) is 6.61 Å². The van der Waals surface area contributed by atoms with Gasteiger partial charge in [-0.1, -0.05) is 52.0 Å². The minimum atomic E-state index is -2.02. The minimum absolute atomic E-state index is 0.00193. The second-order valence-corrected chi connectivity index (χ2v) is 19.4. The van der Waals surface area contributed by atoms with Crippen molar-refractivity contribution < 1.29 is 18.6 Å². The van der Waals surface area contributed by atoms with Gasteiger partial charge in [0.2, 0.25) is 0 Å². The van der Waals surface area contributed by atoms with E-state index in [0.29, 0.717) is 6.61 Å². The molecule has 36 heavy (non-hydrogen) atoms. The lowest BCUT2D eigenvalue weighted by molar-refractivity contribution is -0.285.